The molecule has 0 aromatic heterocycles. The standard InChI is InChI=1S/C20H17BrO3/c21-19-12-11-18(22-14-16-7-3-1-4-8-16)13-20(19)24-23-15-17-9-5-2-6-10-17/h1-13H,14-15H2. The van der Waals surface area contributed by atoms with Crippen LogP contribution in [-0.4, -0.2) is 0 Å². The molecule has 0 bridgehead atoms. The Bertz CT molecular complexity index is 760. The molecular weight excluding hydrogens is 368 g/mol. The summed E-state index contributed by atoms with van der Waals surface area (Å²) in [6.07, 6.45) is 0. The van der Waals surface area contributed by atoms with E-state index in [2.05, 4.69) is 15.9 Å². The zero-order chi connectivity index (χ0) is 16.6. The van der Waals surface area contributed by atoms with Gasteiger partial charge < -0.3 is 9.62 Å². The van der Waals surface area contributed by atoms with Crippen molar-refractivity contribution in [1.29, 1.82) is 0 Å². The highest BCUT2D eigenvalue weighted by molar-refractivity contribution is 9.10. The lowest BCUT2D eigenvalue weighted by Gasteiger charge is -2.10. The Labute approximate surface area is 149 Å². The van der Waals surface area contributed by atoms with Crippen LogP contribution in [0.25, 0.3) is 0 Å². The summed E-state index contributed by atoms with van der Waals surface area (Å²) in [6.45, 7) is 0.884. The van der Waals surface area contributed by atoms with E-state index in [-0.39, 0.29) is 0 Å². The third-order valence-electron chi connectivity index (χ3n) is 3.37. The Hall–Kier alpha value is -2.30. The molecule has 0 heterocycles. The van der Waals surface area contributed by atoms with E-state index in [1.807, 2.05) is 72.8 Å². The van der Waals surface area contributed by atoms with E-state index < -0.39 is 0 Å². The highest BCUT2D eigenvalue weighted by Crippen LogP contribution is 2.30. The van der Waals surface area contributed by atoms with E-state index in [1.54, 1.807) is 6.07 Å². The molecule has 0 fully saturated rings. The van der Waals surface area contributed by atoms with E-state index in [0.717, 1.165) is 21.3 Å². The maximum absolute atomic E-state index is 5.80. The average Bonchev–Trinajstić information content (AvgIpc) is 2.64. The fourth-order valence-electron chi connectivity index (χ4n) is 2.11. The third kappa shape index (κ3) is 4.85. The van der Waals surface area contributed by atoms with Gasteiger partial charge in [-0.05, 0) is 39.2 Å². The second kappa shape index (κ2) is 8.52. The third-order valence-corrected chi connectivity index (χ3v) is 4.02. The Morgan fingerprint density at radius 2 is 1.33 bits per heavy atom. The quantitative estimate of drug-likeness (QED) is 0.395. The van der Waals surface area contributed by atoms with E-state index in [4.69, 9.17) is 14.5 Å². The molecule has 3 aromatic carbocycles. The van der Waals surface area contributed by atoms with Crippen molar-refractivity contribution >= 4 is 15.9 Å². The fourth-order valence-corrected chi connectivity index (χ4v) is 2.43. The van der Waals surface area contributed by atoms with Gasteiger partial charge >= 0.3 is 0 Å². The van der Waals surface area contributed by atoms with Crippen LogP contribution < -0.4 is 9.62 Å². The highest BCUT2D eigenvalue weighted by Gasteiger charge is 2.06. The lowest BCUT2D eigenvalue weighted by atomic mass is 10.2. The second-order valence-corrected chi connectivity index (χ2v) is 6.05. The van der Waals surface area contributed by atoms with E-state index in [1.165, 1.54) is 0 Å². The van der Waals surface area contributed by atoms with Gasteiger partial charge in [-0.3, -0.25) is 0 Å². The minimum Gasteiger partial charge on any atom is -0.489 e. The summed E-state index contributed by atoms with van der Waals surface area (Å²) in [4.78, 5) is 10.7. The summed E-state index contributed by atoms with van der Waals surface area (Å²) >= 11 is 3.45. The zero-order valence-electron chi connectivity index (χ0n) is 13.0. The Morgan fingerprint density at radius 1 is 0.708 bits per heavy atom. The van der Waals surface area contributed by atoms with E-state index >= 15 is 0 Å². The van der Waals surface area contributed by atoms with Crippen molar-refractivity contribution in [2.45, 2.75) is 13.2 Å². The predicted molar refractivity (Wildman–Crippen MR) is 96.8 cm³/mol. The minimum atomic E-state index is 0.377. The molecule has 24 heavy (non-hydrogen) atoms. The highest BCUT2D eigenvalue weighted by atomic mass is 79.9. The van der Waals surface area contributed by atoms with Crippen molar-refractivity contribution in [2.24, 2.45) is 0 Å². The first-order valence-electron chi connectivity index (χ1n) is 7.61. The van der Waals surface area contributed by atoms with Gasteiger partial charge in [0.15, 0.2) is 5.75 Å². The van der Waals surface area contributed by atoms with E-state index in [0.29, 0.717) is 19.0 Å². The van der Waals surface area contributed by atoms with Gasteiger partial charge in [-0.2, -0.15) is 4.89 Å². The van der Waals surface area contributed by atoms with Crippen LogP contribution >= 0.6 is 15.9 Å². The van der Waals surface area contributed by atoms with Crippen molar-refractivity contribution in [3.8, 4) is 11.5 Å². The van der Waals surface area contributed by atoms with Gasteiger partial charge in [-0.15, -0.1) is 0 Å². The molecule has 0 saturated carbocycles. The van der Waals surface area contributed by atoms with Crippen molar-refractivity contribution in [3.63, 3.8) is 0 Å². The normalized spacial score (nSPS) is 10.4. The number of halogens is 1. The molecule has 3 aromatic rings. The van der Waals surface area contributed by atoms with Crippen LogP contribution in [0.15, 0.2) is 83.3 Å². The molecule has 0 spiro atoms. The molecule has 122 valence electrons. The summed E-state index contributed by atoms with van der Waals surface area (Å²) < 4.78 is 6.60. The molecule has 0 aliphatic carbocycles. The summed E-state index contributed by atoms with van der Waals surface area (Å²) in [5, 5.41) is 0. The van der Waals surface area contributed by atoms with Crippen LogP contribution in [-0.2, 0) is 18.1 Å². The van der Waals surface area contributed by atoms with Gasteiger partial charge in [0.1, 0.15) is 19.0 Å². The maximum atomic E-state index is 5.80. The smallest absolute Gasteiger partial charge is 0.183 e. The molecule has 0 radical (unpaired) electrons. The Morgan fingerprint density at radius 3 is 2.00 bits per heavy atom. The van der Waals surface area contributed by atoms with Crippen LogP contribution in [0.5, 0.6) is 11.5 Å². The average molecular weight is 385 g/mol. The number of hydrogen-bond donors (Lipinski definition) is 0. The number of benzene rings is 3. The molecule has 4 heteroatoms. The van der Waals surface area contributed by atoms with Crippen molar-refractivity contribution in [1.82, 2.24) is 0 Å². The first kappa shape index (κ1) is 16.6. The van der Waals surface area contributed by atoms with Gasteiger partial charge in [0, 0.05) is 6.07 Å². The molecule has 0 aliphatic rings. The summed E-state index contributed by atoms with van der Waals surface area (Å²) in [7, 11) is 0. The second-order valence-electron chi connectivity index (χ2n) is 5.20. The number of rotatable bonds is 7. The minimum absolute atomic E-state index is 0.377. The van der Waals surface area contributed by atoms with Gasteiger partial charge in [0.25, 0.3) is 0 Å². The van der Waals surface area contributed by atoms with Gasteiger partial charge in [-0.1, -0.05) is 60.7 Å². The molecule has 0 amide bonds. The summed E-state index contributed by atoms with van der Waals surface area (Å²) in [5.41, 5.74) is 2.16. The molecule has 3 nitrogen and oxygen atoms in total. The summed E-state index contributed by atoms with van der Waals surface area (Å²) in [6, 6.07) is 25.5. The van der Waals surface area contributed by atoms with Crippen molar-refractivity contribution < 1.29 is 14.5 Å². The van der Waals surface area contributed by atoms with Gasteiger partial charge in [-0.25, -0.2) is 0 Å². The van der Waals surface area contributed by atoms with Crippen LogP contribution in [0.4, 0.5) is 0 Å². The maximum Gasteiger partial charge on any atom is 0.183 e. The van der Waals surface area contributed by atoms with Gasteiger partial charge in [0.05, 0.1) is 4.47 Å². The predicted octanol–water partition coefficient (Wildman–Crippen LogP) is 5.54. The molecule has 0 aliphatic heterocycles. The first-order valence-corrected chi connectivity index (χ1v) is 8.40. The lowest BCUT2D eigenvalue weighted by molar-refractivity contribution is -0.218. The summed E-state index contributed by atoms with van der Waals surface area (Å²) in [5.74, 6) is 1.30. The monoisotopic (exact) mass is 384 g/mol. The van der Waals surface area contributed by atoms with Crippen molar-refractivity contribution in [3.05, 3.63) is 94.5 Å². The topological polar surface area (TPSA) is 27.7 Å². The van der Waals surface area contributed by atoms with Crippen molar-refractivity contribution in [2.75, 3.05) is 0 Å². The number of ether oxygens (including phenoxy) is 1. The SMILES string of the molecule is Brc1ccc(OCc2ccccc2)cc1OOCc1ccccc1. The van der Waals surface area contributed by atoms with Crippen LogP contribution in [0.2, 0.25) is 0 Å². The van der Waals surface area contributed by atoms with Crippen LogP contribution in [0.1, 0.15) is 11.1 Å². The zero-order valence-corrected chi connectivity index (χ0v) is 14.6. The molecule has 3 rings (SSSR count). The molecule has 0 saturated heterocycles. The van der Waals surface area contributed by atoms with Crippen LogP contribution in [0, 0.1) is 0 Å². The molecule has 0 atom stereocenters. The molecule has 0 unspecified atom stereocenters. The van der Waals surface area contributed by atoms with Gasteiger partial charge in [0.2, 0.25) is 0 Å². The fraction of sp³-hybridized carbons (Fsp3) is 0.100. The lowest BCUT2D eigenvalue weighted by Crippen LogP contribution is -2.00. The Kier molecular flexibility index (Phi) is 5.88. The molecular formula is C20H17BrO3. The Balaban J connectivity index is 1.57. The molecule has 0 N–H and O–H groups in total. The van der Waals surface area contributed by atoms with E-state index in [9.17, 15) is 0 Å². The largest absolute Gasteiger partial charge is 0.489 e. The van der Waals surface area contributed by atoms with Crippen LogP contribution in [0.3, 0.4) is 0 Å². The number of hydrogen-bond acceptors (Lipinski definition) is 3. The first-order chi connectivity index (χ1) is 11.8.